The summed E-state index contributed by atoms with van der Waals surface area (Å²) in [7, 11) is 2.30. The lowest BCUT2D eigenvalue weighted by molar-refractivity contribution is -0.925. The van der Waals surface area contributed by atoms with Crippen molar-refractivity contribution in [3.63, 3.8) is 0 Å². The molecule has 0 aromatic rings. The van der Waals surface area contributed by atoms with Crippen molar-refractivity contribution in [2.45, 2.75) is 188 Å². The zero-order valence-electron chi connectivity index (χ0n) is 27.5. The molecule has 1 unspecified atom stereocenters. The molecule has 0 fully saturated rings. The van der Waals surface area contributed by atoms with Crippen molar-refractivity contribution in [2.24, 2.45) is 0 Å². The maximum atomic E-state index is 13.4. The first kappa shape index (κ1) is 41.0. The summed E-state index contributed by atoms with van der Waals surface area (Å²) in [5, 5.41) is 0. The second kappa shape index (κ2) is 30.8. The van der Waals surface area contributed by atoms with Crippen molar-refractivity contribution < 1.29 is 26.4 Å². The highest BCUT2D eigenvalue weighted by atomic mass is 35.5. The number of carbonyl (C=O) groups is 1. The van der Waals surface area contributed by atoms with Gasteiger partial charge in [0.25, 0.3) is 0 Å². The predicted molar refractivity (Wildman–Crippen MR) is 169 cm³/mol. The Kier molecular flexibility index (Phi) is 32.4. The SMILES string of the molecule is CCCCCCCCCCCCCCOCC(C(=O)CCCCCCCCCCC)[N+](C)(CCC)CCC.[Cl-]. The van der Waals surface area contributed by atoms with Crippen LogP contribution >= 0.6 is 0 Å². The summed E-state index contributed by atoms with van der Waals surface area (Å²) < 4.78 is 7.07. The van der Waals surface area contributed by atoms with Gasteiger partial charge in [0.15, 0.2) is 11.8 Å². The standard InChI is InChI=1S/C35H72NO2.ClH/c1-6-10-12-14-16-18-19-20-22-24-26-28-32-38-33-34(36(5,30-8-3)31-9-4)35(37)29-27-25-23-21-17-15-13-11-7-2;/h34H,6-33H2,1-5H3;1H/q+1;/p-1. The molecule has 0 N–H and O–H groups in total. The lowest BCUT2D eigenvalue weighted by Crippen LogP contribution is -3.00. The Bertz CT molecular complexity index is 493. The van der Waals surface area contributed by atoms with Crippen LogP contribution < -0.4 is 12.4 Å². The van der Waals surface area contributed by atoms with Crippen molar-refractivity contribution in [1.82, 2.24) is 0 Å². The molecule has 1 atom stereocenters. The van der Waals surface area contributed by atoms with Gasteiger partial charge in [0, 0.05) is 13.0 Å². The summed E-state index contributed by atoms with van der Waals surface area (Å²) in [5.74, 6) is 0.451. The number of carbonyl (C=O) groups excluding carboxylic acids is 1. The molecular weight excluding hydrogens is 502 g/mol. The number of hydrogen-bond acceptors (Lipinski definition) is 2. The van der Waals surface area contributed by atoms with Gasteiger partial charge in [-0.25, -0.2) is 0 Å². The third-order valence-corrected chi connectivity index (χ3v) is 8.54. The van der Waals surface area contributed by atoms with Gasteiger partial charge < -0.3 is 21.6 Å². The first-order valence-electron chi connectivity index (χ1n) is 17.5. The van der Waals surface area contributed by atoms with E-state index in [2.05, 4.69) is 34.7 Å². The average Bonchev–Trinajstić information content (AvgIpc) is 2.90. The lowest BCUT2D eigenvalue weighted by Gasteiger charge is -2.40. The van der Waals surface area contributed by atoms with Crippen LogP contribution in [0.4, 0.5) is 0 Å². The van der Waals surface area contributed by atoms with Gasteiger partial charge in [0.05, 0.1) is 20.1 Å². The lowest BCUT2D eigenvalue weighted by atomic mass is 10.0. The van der Waals surface area contributed by atoms with E-state index in [4.69, 9.17) is 4.74 Å². The van der Waals surface area contributed by atoms with E-state index in [1.54, 1.807) is 0 Å². The van der Waals surface area contributed by atoms with Crippen LogP contribution in [0.1, 0.15) is 182 Å². The van der Waals surface area contributed by atoms with E-state index in [1.165, 1.54) is 122 Å². The van der Waals surface area contributed by atoms with Gasteiger partial charge in [0.2, 0.25) is 0 Å². The molecule has 39 heavy (non-hydrogen) atoms. The van der Waals surface area contributed by atoms with Crippen LogP contribution in [0, 0.1) is 0 Å². The van der Waals surface area contributed by atoms with Crippen LogP contribution in [-0.2, 0) is 9.53 Å². The number of Topliss-reactive ketones (excluding diaryl/α,β-unsaturated/α-hetero) is 1. The minimum atomic E-state index is 0. The molecule has 0 radical (unpaired) electrons. The Morgan fingerprint density at radius 3 is 1.28 bits per heavy atom. The smallest absolute Gasteiger partial charge is 0.192 e. The number of ketones is 1. The van der Waals surface area contributed by atoms with E-state index >= 15 is 0 Å². The zero-order valence-corrected chi connectivity index (χ0v) is 28.3. The number of rotatable bonds is 31. The summed E-state index contributed by atoms with van der Waals surface area (Å²) in [6.07, 6.45) is 31.1. The minimum absolute atomic E-state index is 0. The Balaban J connectivity index is 0. The predicted octanol–water partition coefficient (Wildman–Crippen LogP) is 7.83. The number of quaternary nitrogens is 1. The number of ether oxygens (including phenoxy) is 1. The zero-order chi connectivity index (χ0) is 28.2. The Hall–Kier alpha value is -0.120. The normalized spacial score (nSPS) is 12.4. The molecule has 0 aliphatic heterocycles. The van der Waals surface area contributed by atoms with Crippen LogP contribution in [0.2, 0.25) is 0 Å². The first-order chi connectivity index (χ1) is 18.6. The topological polar surface area (TPSA) is 26.3 Å². The summed E-state index contributed by atoms with van der Waals surface area (Å²) in [6.45, 7) is 12.6. The van der Waals surface area contributed by atoms with Crippen LogP contribution in [0.5, 0.6) is 0 Å². The van der Waals surface area contributed by atoms with Gasteiger partial charge >= 0.3 is 0 Å². The summed E-state index contributed by atoms with van der Waals surface area (Å²) in [4.78, 5) is 13.4. The molecular formula is C35H72ClNO2. The maximum Gasteiger partial charge on any atom is 0.192 e. The third kappa shape index (κ3) is 24.2. The van der Waals surface area contributed by atoms with E-state index in [0.717, 1.165) is 56.3 Å². The Morgan fingerprint density at radius 1 is 0.538 bits per heavy atom. The van der Waals surface area contributed by atoms with Gasteiger partial charge in [-0.1, -0.05) is 150 Å². The van der Waals surface area contributed by atoms with Gasteiger partial charge in [-0.2, -0.15) is 0 Å². The quantitative estimate of drug-likeness (QED) is 0.0623. The monoisotopic (exact) mass is 574 g/mol. The molecule has 0 amide bonds. The van der Waals surface area contributed by atoms with E-state index in [1.807, 2.05) is 0 Å². The first-order valence-corrected chi connectivity index (χ1v) is 17.5. The largest absolute Gasteiger partial charge is 1.00 e. The van der Waals surface area contributed by atoms with Crippen LogP contribution in [0.3, 0.4) is 0 Å². The fraction of sp³-hybridized carbons (Fsp3) is 0.971. The molecule has 0 bridgehead atoms. The summed E-state index contributed by atoms with van der Waals surface area (Å²) in [6, 6.07) is 0.0151. The Labute approximate surface area is 253 Å². The highest BCUT2D eigenvalue weighted by Gasteiger charge is 2.36. The number of hydrogen-bond donors (Lipinski definition) is 0. The molecule has 0 aliphatic carbocycles. The molecule has 0 spiro atoms. The molecule has 236 valence electrons. The Morgan fingerprint density at radius 2 is 0.897 bits per heavy atom. The van der Waals surface area contributed by atoms with Crippen molar-refractivity contribution in [2.75, 3.05) is 33.4 Å². The number of likely N-dealkylation sites (N-methyl/N-ethyl adjacent to an activating group) is 1. The van der Waals surface area contributed by atoms with Crippen LogP contribution in [-0.4, -0.2) is 49.7 Å². The second-order valence-electron chi connectivity index (χ2n) is 12.5. The molecule has 0 rings (SSSR count). The van der Waals surface area contributed by atoms with E-state index in [-0.39, 0.29) is 18.4 Å². The average molecular weight is 574 g/mol. The molecule has 4 heteroatoms. The van der Waals surface area contributed by atoms with Crippen molar-refractivity contribution >= 4 is 5.78 Å². The van der Waals surface area contributed by atoms with Gasteiger partial charge in [-0.15, -0.1) is 0 Å². The number of nitrogens with zero attached hydrogens (tertiary/aromatic N) is 1. The van der Waals surface area contributed by atoms with Crippen molar-refractivity contribution in [3.8, 4) is 0 Å². The van der Waals surface area contributed by atoms with E-state index < -0.39 is 0 Å². The summed E-state index contributed by atoms with van der Waals surface area (Å²) >= 11 is 0. The van der Waals surface area contributed by atoms with E-state index in [9.17, 15) is 4.79 Å². The minimum Gasteiger partial charge on any atom is -1.00 e. The van der Waals surface area contributed by atoms with E-state index in [0.29, 0.717) is 12.4 Å². The van der Waals surface area contributed by atoms with Gasteiger partial charge in [-0.05, 0) is 25.7 Å². The van der Waals surface area contributed by atoms with Crippen molar-refractivity contribution in [1.29, 1.82) is 0 Å². The molecule has 0 aromatic heterocycles. The third-order valence-electron chi connectivity index (χ3n) is 8.54. The van der Waals surface area contributed by atoms with Crippen LogP contribution in [0.25, 0.3) is 0 Å². The van der Waals surface area contributed by atoms with Crippen molar-refractivity contribution in [3.05, 3.63) is 0 Å². The second-order valence-corrected chi connectivity index (χ2v) is 12.5. The molecule has 0 heterocycles. The fourth-order valence-corrected chi connectivity index (χ4v) is 6.08. The highest BCUT2D eigenvalue weighted by molar-refractivity contribution is 5.83. The van der Waals surface area contributed by atoms with Gasteiger partial charge in [-0.3, -0.25) is 4.79 Å². The fourth-order valence-electron chi connectivity index (χ4n) is 6.08. The molecule has 0 aliphatic rings. The highest BCUT2D eigenvalue weighted by Crippen LogP contribution is 2.19. The summed E-state index contributed by atoms with van der Waals surface area (Å²) in [5.41, 5.74) is 0. The molecule has 3 nitrogen and oxygen atoms in total. The van der Waals surface area contributed by atoms with Crippen LogP contribution in [0.15, 0.2) is 0 Å². The number of halogens is 1. The molecule has 0 saturated heterocycles. The van der Waals surface area contributed by atoms with Gasteiger partial charge in [0.1, 0.15) is 6.61 Å². The molecule has 0 aromatic carbocycles. The number of unbranched alkanes of at least 4 members (excludes halogenated alkanes) is 19. The maximum absolute atomic E-state index is 13.4. The molecule has 0 saturated carbocycles.